The molecule has 0 atom stereocenters. The summed E-state index contributed by atoms with van der Waals surface area (Å²) in [4.78, 5) is 0. The zero-order chi connectivity index (χ0) is 12.3. The van der Waals surface area contributed by atoms with E-state index in [9.17, 15) is 0 Å². The van der Waals surface area contributed by atoms with Crippen LogP contribution in [0.1, 0.15) is 61.8 Å². The van der Waals surface area contributed by atoms with Gasteiger partial charge in [-0.15, -0.1) is 6.58 Å². The lowest BCUT2D eigenvalue weighted by atomic mass is 9.85. The fourth-order valence-electron chi connectivity index (χ4n) is 2.28. The van der Waals surface area contributed by atoms with Crippen LogP contribution in [-0.4, -0.2) is 0 Å². The highest BCUT2D eigenvalue weighted by atomic mass is 14.2. The third kappa shape index (κ3) is 2.75. The quantitative estimate of drug-likeness (QED) is 0.623. The summed E-state index contributed by atoms with van der Waals surface area (Å²) in [6.45, 7) is 15.1. The molecular weight excluding hydrogens is 192 g/mol. The van der Waals surface area contributed by atoms with Crippen molar-refractivity contribution in [2.45, 2.75) is 52.9 Å². The van der Waals surface area contributed by atoms with Crippen LogP contribution in [0.4, 0.5) is 0 Å². The summed E-state index contributed by atoms with van der Waals surface area (Å²) in [6, 6.07) is 4.66. The largest absolute Gasteiger partial charge is 0.103 e. The maximum atomic E-state index is 3.88. The molecule has 0 aliphatic carbocycles. The Labute approximate surface area is 100 Å². The molecule has 0 heteroatoms. The average Bonchev–Trinajstić information content (AvgIpc) is 2.19. The average molecular weight is 216 g/mol. The Kier molecular flexibility index (Phi) is 4.35. The molecule has 0 aliphatic rings. The van der Waals surface area contributed by atoms with Gasteiger partial charge in [0.15, 0.2) is 0 Å². The summed E-state index contributed by atoms with van der Waals surface area (Å²) >= 11 is 0. The first-order chi connectivity index (χ1) is 7.47. The zero-order valence-corrected chi connectivity index (χ0v) is 11.3. The molecule has 0 saturated heterocycles. The molecule has 0 N–H and O–H groups in total. The minimum Gasteiger partial charge on any atom is -0.103 e. The van der Waals surface area contributed by atoms with Crippen molar-refractivity contribution < 1.29 is 0 Å². The molecule has 1 aromatic carbocycles. The van der Waals surface area contributed by atoms with Crippen molar-refractivity contribution in [1.82, 2.24) is 0 Å². The molecule has 16 heavy (non-hydrogen) atoms. The van der Waals surface area contributed by atoms with E-state index in [0.717, 1.165) is 6.42 Å². The van der Waals surface area contributed by atoms with Gasteiger partial charge in [-0.25, -0.2) is 0 Å². The van der Waals surface area contributed by atoms with Gasteiger partial charge < -0.3 is 0 Å². The lowest BCUT2D eigenvalue weighted by Crippen LogP contribution is -2.03. The van der Waals surface area contributed by atoms with Crippen LogP contribution in [0.25, 0.3) is 0 Å². The van der Waals surface area contributed by atoms with Gasteiger partial charge in [-0.2, -0.15) is 0 Å². The molecule has 88 valence electrons. The van der Waals surface area contributed by atoms with E-state index >= 15 is 0 Å². The summed E-state index contributed by atoms with van der Waals surface area (Å²) in [5.41, 5.74) is 5.85. The van der Waals surface area contributed by atoms with E-state index in [1.807, 2.05) is 6.08 Å². The lowest BCUT2D eigenvalue weighted by Gasteiger charge is -2.20. The lowest BCUT2D eigenvalue weighted by molar-refractivity contribution is 0.805. The minimum absolute atomic E-state index is 0.590. The Hall–Kier alpha value is -1.04. The van der Waals surface area contributed by atoms with Crippen molar-refractivity contribution in [1.29, 1.82) is 0 Å². The Morgan fingerprint density at radius 2 is 1.50 bits per heavy atom. The second kappa shape index (κ2) is 5.34. The third-order valence-corrected chi connectivity index (χ3v) is 3.06. The number of hydrogen-bond donors (Lipinski definition) is 0. The molecular formula is C16H24. The molecule has 0 unspecified atom stereocenters. The van der Waals surface area contributed by atoms with Crippen molar-refractivity contribution in [3.63, 3.8) is 0 Å². The summed E-state index contributed by atoms with van der Waals surface area (Å²) in [5.74, 6) is 1.18. The van der Waals surface area contributed by atoms with Crippen LogP contribution in [0.15, 0.2) is 24.8 Å². The van der Waals surface area contributed by atoms with Crippen LogP contribution in [0.3, 0.4) is 0 Å². The van der Waals surface area contributed by atoms with E-state index in [1.165, 1.54) is 22.3 Å². The van der Waals surface area contributed by atoms with E-state index in [-0.39, 0.29) is 0 Å². The monoisotopic (exact) mass is 216 g/mol. The predicted molar refractivity (Wildman–Crippen MR) is 73.3 cm³/mol. The summed E-state index contributed by atoms with van der Waals surface area (Å²) in [6.07, 6.45) is 3.00. The molecule has 0 bridgehead atoms. The van der Waals surface area contributed by atoms with E-state index in [1.54, 1.807) is 0 Å². The first kappa shape index (κ1) is 13.0. The standard InChI is InChI=1S/C16H24/c1-7-8-14-15(11(2)3)9-13(6)10-16(14)12(4)5/h7,9-12H,1,8H2,2-6H3. The molecule has 0 amide bonds. The van der Waals surface area contributed by atoms with Crippen molar-refractivity contribution in [2.75, 3.05) is 0 Å². The molecule has 0 spiro atoms. The summed E-state index contributed by atoms with van der Waals surface area (Å²) in [7, 11) is 0. The topological polar surface area (TPSA) is 0 Å². The normalized spacial score (nSPS) is 11.2. The first-order valence-electron chi connectivity index (χ1n) is 6.21. The van der Waals surface area contributed by atoms with Crippen molar-refractivity contribution >= 4 is 0 Å². The van der Waals surface area contributed by atoms with Crippen LogP contribution in [0.5, 0.6) is 0 Å². The fraction of sp³-hybridized carbons (Fsp3) is 0.500. The van der Waals surface area contributed by atoms with E-state index in [2.05, 4.69) is 53.3 Å². The molecule has 1 rings (SSSR count). The third-order valence-electron chi connectivity index (χ3n) is 3.06. The molecule has 0 radical (unpaired) electrons. The van der Waals surface area contributed by atoms with Crippen molar-refractivity contribution in [3.8, 4) is 0 Å². The highest BCUT2D eigenvalue weighted by Crippen LogP contribution is 2.29. The van der Waals surface area contributed by atoms with Gasteiger partial charge in [0.2, 0.25) is 0 Å². The molecule has 1 aromatic rings. The van der Waals surface area contributed by atoms with E-state index in [4.69, 9.17) is 0 Å². The Morgan fingerprint density at radius 1 is 1.06 bits per heavy atom. The van der Waals surface area contributed by atoms with Gasteiger partial charge in [0.05, 0.1) is 0 Å². The van der Waals surface area contributed by atoms with E-state index < -0.39 is 0 Å². The Bertz CT molecular complexity index is 341. The van der Waals surface area contributed by atoms with Crippen LogP contribution < -0.4 is 0 Å². The number of benzene rings is 1. The van der Waals surface area contributed by atoms with Crippen molar-refractivity contribution in [2.24, 2.45) is 0 Å². The second-order valence-electron chi connectivity index (χ2n) is 5.22. The number of rotatable bonds is 4. The maximum Gasteiger partial charge on any atom is -0.00945 e. The minimum atomic E-state index is 0.590. The SMILES string of the molecule is C=CCc1c(C(C)C)cc(C)cc1C(C)C. The predicted octanol–water partition coefficient (Wildman–Crippen LogP) is 4.97. The van der Waals surface area contributed by atoms with Gasteiger partial charge >= 0.3 is 0 Å². The van der Waals surface area contributed by atoms with Gasteiger partial charge in [0, 0.05) is 0 Å². The molecule has 0 aromatic heterocycles. The maximum absolute atomic E-state index is 3.88. The second-order valence-corrected chi connectivity index (χ2v) is 5.22. The van der Waals surface area contributed by atoms with Gasteiger partial charge in [0.1, 0.15) is 0 Å². The van der Waals surface area contributed by atoms with Crippen LogP contribution in [0, 0.1) is 6.92 Å². The molecule has 0 heterocycles. The van der Waals surface area contributed by atoms with Crippen LogP contribution in [-0.2, 0) is 6.42 Å². The molecule has 0 fully saturated rings. The summed E-state index contributed by atoms with van der Waals surface area (Å²) in [5, 5.41) is 0. The summed E-state index contributed by atoms with van der Waals surface area (Å²) < 4.78 is 0. The Balaban J connectivity index is 3.40. The number of hydrogen-bond acceptors (Lipinski definition) is 0. The highest BCUT2D eigenvalue weighted by molar-refractivity contribution is 5.43. The van der Waals surface area contributed by atoms with E-state index in [0.29, 0.717) is 11.8 Å². The first-order valence-corrected chi connectivity index (χ1v) is 6.21. The van der Waals surface area contributed by atoms with Crippen LogP contribution in [0.2, 0.25) is 0 Å². The molecule has 0 aliphatic heterocycles. The zero-order valence-electron chi connectivity index (χ0n) is 11.3. The van der Waals surface area contributed by atoms with Crippen LogP contribution >= 0.6 is 0 Å². The van der Waals surface area contributed by atoms with Gasteiger partial charge in [-0.05, 0) is 41.9 Å². The van der Waals surface area contributed by atoms with Crippen molar-refractivity contribution in [3.05, 3.63) is 47.0 Å². The fourth-order valence-corrected chi connectivity index (χ4v) is 2.28. The van der Waals surface area contributed by atoms with Gasteiger partial charge in [-0.3, -0.25) is 0 Å². The molecule has 0 nitrogen and oxygen atoms in total. The van der Waals surface area contributed by atoms with Gasteiger partial charge in [-0.1, -0.05) is 51.5 Å². The number of aryl methyl sites for hydroxylation is 1. The smallest absolute Gasteiger partial charge is 0.00945 e. The van der Waals surface area contributed by atoms with Gasteiger partial charge in [0.25, 0.3) is 0 Å². The number of allylic oxidation sites excluding steroid dienone is 1. The molecule has 0 saturated carbocycles. The highest BCUT2D eigenvalue weighted by Gasteiger charge is 2.13. The Morgan fingerprint density at radius 3 is 1.81 bits per heavy atom.